The molecular weight excluding hydrogens is 593 g/mol. The molecule has 0 aliphatic rings. The van der Waals surface area contributed by atoms with E-state index in [1.54, 1.807) is 11.3 Å². The van der Waals surface area contributed by atoms with Gasteiger partial charge in [-0.3, -0.25) is 0 Å². The van der Waals surface area contributed by atoms with Crippen LogP contribution in [0.2, 0.25) is 0 Å². The van der Waals surface area contributed by atoms with Crippen LogP contribution < -0.4 is 0 Å². The monoisotopic (exact) mass is 618 g/mol. The maximum absolute atomic E-state index is 5.19. The van der Waals surface area contributed by atoms with E-state index in [2.05, 4.69) is 121 Å². The SMILES string of the molecule is c1ccc(-c2cccc(-c3nc(-c4ccccc4)nc(-c4cc5sc(-c6ccc7ccccc7c6)nc5c5ccccc45)n3)c2)cc1. The predicted octanol–water partition coefficient (Wildman–Crippen LogP) is 11.1. The van der Waals surface area contributed by atoms with Gasteiger partial charge in [0, 0.05) is 27.6 Å². The zero-order valence-electron chi connectivity index (χ0n) is 25.2. The van der Waals surface area contributed by atoms with Gasteiger partial charge in [0.15, 0.2) is 17.5 Å². The molecule has 7 aromatic carbocycles. The van der Waals surface area contributed by atoms with Crippen LogP contribution in [0.4, 0.5) is 0 Å². The Morgan fingerprint density at radius 2 is 0.979 bits per heavy atom. The van der Waals surface area contributed by atoms with Gasteiger partial charge in [-0.15, -0.1) is 11.3 Å². The third kappa shape index (κ3) is 5.03. The minimum Gasteiger partial charge on any atom is -0.235 e. The average molecular weight is 619 g/mol. The van der Waals surface area contributed by atoms with Crippen LogP contribution >= 0.6 is 11.3 Å². The molecule has 0 saturated heterocycles. The van der Waals surface area contributed by atoms with Gasteiger partial charge in [-0.05, 0) is 45.5 Å². The van der Waals surface area contributed by atoms with Crippen molar-refractivity contribution in [3.63, 3.8) is 0 Å². The summed E-state index contributed by atoms with van der Waals surface area (Å²) in [4.78, 5) is 20.5. The Morgan fingerprint density at radius 1 is 0.362 bits per heavy atom. The van der Waals surface area contributed by atoms with Gasteiger partial charge in [0.1, 0.15) is 5.01 Å². The first-order valence-electron chi connectivity index (χ1n) is 15.6. The molecule has 0 unspecified atom stereocenters. The van der Waals surface area contributed by atoms with E-state index in [1.807, 2.05) is 36.4 Å². The van der Waals surface area contributed by atoms with Crippen LogP contribution in [0.1, 0.15) is 0 Å². The first kappa shape index (κ1) is 27.3. The van der Waals surface area contributed by atoms with Gasteiger partial charge in [0.25, 0.3) is 0 Å². The maximum atomic E-state index is 5.19. The minimum atomic E-state index is 0.636. The average Bonchev–Trinajstić information content (AvgIpc) is 3.60. The Hall–Kier alpha value is -6.04. The van der Waals surface area contributed by atoms with Crippen molar-refractivity contribution in [2.24, 2.45) is 0 Å². The Morgan fingerprint density at radius 3 is 1.79 bits per heavy atom. The highest BCUT2D eigenvalue weighted by atomic mass is 32.1. The lowest BCUT2D eigenvalue weighted by atomic mass is 10.0. The summed E-state index contributed by atoms with van der Waals surface area (Å²) in [6.45, 7) is 0. The van der Waals surface area contributed by atoms with E-state index in [1.165, 1.54) is 10.8 Å². The molecule has 0 atom stereocenters. The van der Waals surface area contributed by atoms with Crippen molar-refractivity contribution in [1.29, 1.82) is 0 Å². The molecule has 5 heteroatoms. The van der Waals surface area contributed by atoms with Gasteiger partial charge >= 0.3 is 0 Å². The predicted molar refractivity (Wildman–Crippen MR) is 195 cm³/mol. The number of nitrogens with zero attached hydrogens (tertiary/aromatic N) is 4. The number of thiazole rings is 1. The molecule has 0 fully saturated rings. The van der Waals surface area contributed by atoms with E-state index in [0.29, 0.717) is 17.5 Å². The van der Waals surface area contributed by atoms with Crippen LogP contribution in [0, 0.1) is 0 Å². The summed E-state index contributed by atoms with van der Waals surface area (Å²) in [6, 6.07) is 54.6. The molecule has 0 bridgehead atoms. The van der Waals surface area contributed by atoms with Gasteiger partial charge in [0.2, 0.25) is 0 Å². The minimum absolute atomic E-state index is 0.636. The molecular formula is C42H26N4S. The van der Waals surface area contributed by atoms with Gasteiger partial charge in [-0.25, -0.2) is 19.9 Å². The molecule has 0 saturated carbocycles. The van der Waals surface area contributed by atoms with Crippen molar-refractivity contribution >= 4 is 43.1 Å². The van der Waals surface area contributed by atoms with Gasteiger partial charge in [0.05, 0.1) is 10.2 Å². The summed E-state index contributed by atoms with van der Waals surface area (Å²) in [5.41, 5.74) is 7.21. The summed E-state index contributed by atoms with van der Waals surface area (Å²) in [5.74, 6) is 1.91. The second-order valence-electron chi connectivity index (χ2n) is 11.5. The molecule has 2 heterocycles. The van der Waals surface area contributed by atoms with Crippen molar-refractivity contribution < 1.29 is 0 Å². The van der Waals surface area contributed by atoms with E-state index in [-0.39, 0.29) is 0 Å². The first-order valence-corrected chi connectivity index (χ1v) is 16.4. The summed E-state index contributed by atoms with van der Waals surface area (Å²) < 4.78 is 1.09. The molecule has 2 aromatic heterocycles. The number of fused-ring (bicyclic) bond motifs is 4. The van der Waals surface area contributed by atoms with Crippen molar-refractivity contribution in [3.8, 4) is 55.9 Å². The highest BCUT2D eigenvalue weighted by molar-refractivity contribution is 7.21. The zero-order valence-corrected chi connectivity index (χ0v) is 26.0. The molecule has 0 N–H and O–H groups in total. The fraction of sp³-hybridized carbons (Fsp3) is 0. The van der Waals surface area contributed by atoms with Gasteiger partial charge in [-0.1, -0.05) is 140 Å². The first-order chi connectivity index (χ1) is 23.3. The van der Waals surface area contributed by atoms with Crippen molar-refractivity contribution in [2.45, 2.75) is 0 Å². The second kappa shape index (κ2) is 11.4. The van der Waals surface area contributed by atoms with E-state index in [0.717, 1.165) is 59.4 Å². The lowest BCUT2D eigenvalue weighted by Crippen LogP contribution is -2.00. The summed E-state index contributed by atoms with van der Waals surface area (Å²) in [7, 11) is 0. The number of hydrogen-bond acceptors (Lipinski definition) is 5. The Balaban J connectivity index is 1.25. The quantitative estimate of drug-likeness (QED) is 0.193. The Labute approximate surface area is 275 Å². The largest absolute Gasteiger partial charge is 0.235 e. The number of rotatable bonds is 5. The standard InChI is InChI=1S/C42H26N4S/c1-3-12-27(13-4-1)31-18-11-19-32(24-31)40-44-39(29-15-5-2-6-16-29)45-41(46-40)36-26-37-38(35-21-10-9-20-34(35)36)43-42(47-37)33-23-22-28-14-7-8-17-30(28)25-33/h1-26H. The molecule has 47 heavy (non-hydrogen) atoms. The van der Waals surface area contributed by atoms with E-state index < -0.39 is 0 Å². The maximum Gasteiger partial charge on any atom is 0.164 e. The topological polar surface area (TPSA) is 51.6 Å². The molecule has 9 rings (SSSR count). The van der Waals surface area contributed by atoms with Crippen molar-refractivity contribution in [2.75, 3.05) is 0 Å². The summed E-state index contributed by atoms with van der Waals surface area (Å²) in [5, 5.41) is 5.56. The molecule has 0 spiro atoms. The van der Waals surface area contributed by atoms with Crippen LogP contribution in [0.5, 0.6) is 0 Å². The van der Waals surface area contributed by atoms with E-state index in [9.17, 15) is 0 Å². The van der Waals surface area contributed by atoms with Crippen LogP contribution in [0.3, 0.4) is 0 Å². The van der Waals surface area contributed by atoms with E-state index in [4.69, 9.17) is 19.9 Å². The van der Waals surface area contributed by atoms with Crippen molar-refractivity contribution in [1.82, 2.24) is 19.9 Å². The summed E-state index contributed by atoms with van der Waals surface area (Å²) in [6.07, 6.45) is 0. The van der Waals surface area contributed by atoms with Crippen molar-refractivity contribution in [3.05, 3.63) is 158 Å². The van der Waals surface area contributed by atoms with Crippen LogP contribution in [-0.2, 0) is 0 Å². The molecule has 9 aromatic rings. The third-order valence-electron chi connectivity index (χ3n) is 8.53. The van der Waals surface area contributed by atoms with Crippen LogP contribution in [-0.4, -0.2) is 19.9 Å². The zero-order chi connectivity index (χ0) is 31.2. The fourth-order valence-electron chi connectivity index (χ4n) is 6.20. The van der Waals surface area contributed by atoms with Crippen LogP contribution in [0.25, 0.3) is 87.6 Å². The number of benzene rings is 7. The lowest BCUT2D eigenvalue weighted by molar-refractivity contribution is 1.08. The highest BCUT2D eigenvalue weighted by Gasteiger charge is 2.18. The molecule has 0 aliphatic carbocycles. The molecule has 4 nitrogen and oxygen atoms in total. The molecule has 220 valence electrons. The Kier molecular flexibility index (Phi) is 6.61. The smallest absolute Gasteiger partial charge is 0.164 e. The second-order valence-corrected chi connectivity index (χ2v) is 12.5. The lowest BCUT2D eigenvalue weighted by Gasteiger charge is -2.11. The number of hydrogen-bond donors (Lipinski definition) is 0. The van der Waals surface area contributed by atoms with E-state index >= 15 is 0 Å². The fourth-order valence-corrected chi connectivity index (χ4v) is 7.22. The molecule has 0 aliphatic heterocycles. The van der Waals surface area contributed by atoms with Crippen LogP contribution in [0.15, 0.2) is 158 Å². The third-order valence-corrected chi connectivity index (χ3v) is 9.59. The molecule has 0 radical (unpaired) electrons. The summed E-state index contributed by atoms with van der Waals surface area (Å²) >= 11 is 1.70. The number of aromatic nitrogens is 4. The normalized spacial score (nSPS) is 11.4. The molecule has 0 amide bonds. The Bertz CT molecular complexity index is 2580. The van der Waals surface area contributed by atoms with Gasteiger partial charge < -0.3 is 0 Å². The highest BCUT2D eigenvalue weighted by Crippen LogP contribution is 2.40. The van der Waals surface area contributed by atoms with Gasteiger partial charge in [-0.2, -0.15) is 0 Å².